The number of fused-ring (bicyclic) bond motifs is 9. The van der Waals surface area contributed by atoms with E-state index in [-0.39, 0.29) is 23.1 Å². The van der Waals surface area contributed by atoms with Crippen LogP contribution >= 0.6 is 22.1 Å². The number of H-pyrrole nitrogens is 1. The molecule has 1 aliphatic rings. The molecule has 0 saturated heterocycles. The lowest BCUT2D eigenvalue weighted by Gasteiger charge is -2.34. The van der Waals surface area contributed by atoms with Crippen LogP contribution in [0.3, 0.4) is 0 Å². The van der Waals surface area contributed by atoms with Gasteiger partial charge in [0, 0.05) is 44.4 Å². The van der Waals surface area contributed by atoms with Gasteiger partial charge in [-0.1, -0.05) is 22.9 Å². The second-order valence-corrected chi connectivity index (χ2v) is 11.5. The summed E-state index contributed by atoms with van der Waals surface area (Å²) >= 11 is 1.62. The SMILES string of the molecule is COc1ncc2cc1NS(O)(O)c1cccc(c1)CC(=O)NCc1ccc(s1)-c1ccnc3[nH]c-2cc13. The number of anilines is 1. The maximum Gasteiger partial charge on any atom is 0.238 e. The molecule has 11 heteroatoms. The molecule has 37 heavy (non-hydrogen) atoms. The third kappa shape index (κ3) is 4.53. The maximum atomic E-state index is 12.7. The molecule has 0 radical (unpaired) electrons. The van der Waals surface area contributed by atoms with Crippen LogP contribution in [0.4, 0.5) is 5.69 Å². The summed E-state index contributed by atoms with van der Waals surface area (Å²) in [5, 5.41) is 3.90. The number of hydrogen-bond donors (Lipinski definition) is 5. The van der Waals surface area contributed by atoms with Crippen molar-refractivity contribution < 1.29 is 18.6 Å². The van der Waals surface area contributed by atoms with Crippen LogP contribution in [0.15, 0.2) is 71.9 Å². The summed E-state index contributed by atoms with van der Waals surface area (Å²) in [5.41, 5.74) is 4.22. The molecule has 1 aliphatic heterocycles. The Morgan fingerprint density at radius 2 is 1.97 bits per heavy atom. The summed E-state index contributed by atoms with van der Waals surface area (Å²) in [6.45, 7) is 0.407. The highest BCUT2D eigenvalue weighted by Gasteiger charge is 2.21. The van der Waals surface area contributed by atoms with Crippen LogP contribution in [-0.2, 0) is 17.8 Å². The minimum atomic E-state index is -3.49. The van der Waals surface area contributed by atoms with E-state index in [9.17, 15) is 13.9 Å². The first kappa shape index (κ1) is 23.5. The Morgan fingerprint density at radius 3 is 2.84 bits per heavy atom. The fraction of sp³-hybridized carbons (Fsp3) is 0.115. The lowest BCUT2D eigenvalue weighted by molar-refractivity contribution is -0.120. The molecule has 1 aromatic carbocycles. The number of carbonyl (C=O) groups is 1. The minimum Gasteiger partial charge on any atom is -0.479 e. The molecule has 0 spiro atoms. The zero-order valence-corrected chi connectivity index (χ0v) is 21.3. The van der Waals surface area contributed by atoms with Gasteiger partial charge >= 0.3 is 0 Å². The fourth-order valence-corrected chi connectivity index (χ4v) is 6.47. The zero-order chi connectivity index (χ0) is 25.6. The van der Waals surface area contributed by atoms with Crippen LogP contribution in [0.2, 0.25) is 0 Å². The van der Waals surface area contributed by atoms with Gasteiger partial charge in [0.15, 0.2) is 0 Å². The van der Waals surface area contributed by atoms with Gasteiger partial charge in [0.2, 0.25) is 11.8 Å². The summed E-state index contributed by atoms with van der Waals surface area (Å²) in [6.07, 6.45) is 3.52. The lowest BCUT2D eigenvalue weighted by atomic mass is 10.1. The van der Waals surface area contributed by atoms with Crippen LogP contribution in [0, 0.1) is 0 Å². The van der Waals surface area contributed by atoms with Crippen molar-refractivity contribution in [2.75, 3.05) is 11.8 Å². The Hall–Kier alpha value is -3.90. The molecular weight excluding hydrogens is 510 g/mol. The second-order valence-electron chi connectivity index (χ2n) is 8.60. The van der Waals surface area contributed by atoms with Crippen molar-refractivity contribution in [1.82, 2.24) is 20.3 Å². The van der Waals surface area contributed by atoms with Gasteiger partial charge in [-0.25, -0.2) is 9.97 Å². The highest BCUT2D eigenvalue weighted by atomic mass is 32.3. The van der Waals surface area contributed by atoms with Gasteiger partial charge in [-0.2, -0.15) is 0 Å². The van der Waals surface area contributed by atoms with E-state index in [1.165, 1.54) is 7.11 Å². The molecule has 1 amide bonds. The first-order valence-electron chi connectivity index (χ1n) is 11.4. The zero-order valence-electron chi connectivity index (χ0n) is 19.7. The van der Waals surface area contributed by atoms with Crippen LogP contribution < -0.4 is 14.8 Å². The topological polar surface area (TPSA) is 132 Å². The van der Waals surface area contributed by atoms with E-state index in [0.717, 1.165) is 37.6 Å². The third-order valence-electron chi connectivity index (χ3n) is 6.12. The van der Waals surface area contributed by atoms with E-state index in [2.05, 4.69) is 31.1 Å². The van der Waals surface area contributed by atoms with Gasteiger partial charge in [-0.05, 0) is 48.0 Å². The molecule has 6 rings (SSSR count). The molecule has 0 fully saturated rings. The number of thiophene rings is 1. The molecule has 9 nitrogen and oxygen atoms in total. The number of pyridine rings is 2. The Balaban J connectivity index is 1.51. The largest absolute Gasteiger partial charge is 0.479 e. The van der Waals surface area contributed by atoms with E-state index in [1.807, 2.05) is 18.2 Å². The quantitative estimate of drug-likeness (QED) is 0.187. The highest BCUT2D eigenvalue weighted by molar-refractivity contribution is 8.25. The van der Waals surface area contributed by atoms with Crippen molar-refractivity contribution in [1.29, 1.82) is 0 Å². The number of rotatable bonds is 1. The molecule has 5 heterocycles. The van der Waals surface area contributed by atoms with E-state index >= 15 is 0 Å². The Bertz CT molecular complexity index is 1650. The molecular formula is C26H23N5O4S2. The summed E-state index contributed by atoms with van der Waals surface area (Å²) < 4.78 is 30.3. The molecule has 0 aliphatic carbocycles. The predicted octanol–water partition coefficient (Wildman–Crippen LogP) is 5.67. The monoisotopic (exact) mass is 533 g/mol. The smallest absolute Gasteiger partial charge is 0.238 e. The van der Waals surface area contributed by atoms with Crippen molar-refractivity contribution >= 4 is 44.7 Å². The second kappa shape index (κ2) is 9.20. The van der Waals surface area contributed by atoms with Gasteiger partial charge in [0.05, 0.1) is 25.0 Å². The molecule has 0 atom stereocenters. The maximum absolute atomic E-state index is 12.7. The van der Waals surface area contributed by atoms with E-state index in [0.29, 0.717) is 17.8 Å². The van der Waals surface area contributed by atoms with Gasteiger partial charge < -0.3 is 15.0 Å². The van der Waals surface area contributed by atoms with Crippen LogP contribution in [0.25, 0.3) is 32.7 Å². The van der Waals surface area contributed by atoms with Crippen LogP contribution in [-0.4, -0.2) is 37.1 Å². The van der Waals surface area contributed by atoms with Crippen LogP contribution in [0.1, 0.15) is 10.4 Å². The first-order valence-corrected chi connectivity index (χ1v) is 13.8. The van der Waals surface area contributed by atoms with Crippen molar-refractivity contribution in [3.8, 4) is 27.6 Å². The minimum absolute atomic E-state index is 0.110. The molecule has 188 valence electrons. The van der Waals surface area contributed by atoms with E-state index in [1.54, 1.807) is 54.1 Å². The summed E-state index contributed by atoms with van der Waals surface area (Å²) in [7, 11) is -2.03. The molecule has 4 aromatic heterocycles. The van der Waals surface area contributed by atoms with Crippen molar-refractivity contribution in [2.24, 2.45) is 0 Å². The van der Waals surface area contributed by atoms with Gasteiger partial charge in [-0.3, -0.25) is 18.6 Å². The van der Waals surface area contributed by atoms with Crippen LogP contribution in [0.5, 0.6) is 5.88 Å². The van der Waals surface area contributed by atoms with Gasteiger partial charge in [-0.15, -0.1) is 11.3 Å². The Kier molecular flexibility index (Phi) is 5.84. The normalized spacial score (nSPS) is 15.7. The number of nitrogens with one attached hydrogen (secondary N) is 3. The number of carbonyl (C=O) groups excluding carboxylic acids is 1. The third-order valence-corrected chi connectivity index (χ3v) is 8.65. The number of amides is 1. The van der Waals surface area contributed by atoms with E-state index < -0.39 is 10.8 Å². The molecule has 5 aromatic rings. The van der Waals surface area contributed by atoms with Gasteiger partial charge in [0.25, 0.3) is 0 Å². The summed E-state index contributed by atoms with van der Waals surface area (Å²) in [6, 6.07) is 16.5. The fourth-order valence-electron chi connectivity index (χ4n) is 4.33. The van der Waals surface area contributed by atoms with E-state index in [4.69, 9.17) is 4.74 Å². The van der Waals surface area contributed by atoms with Crippen molar-refractivity contribution in [3.63, 3.8) is 0 Å². The van der Waals surface area contributed by atoms with Crippen molar-refractivity contribution in [3.05, 3.63) is 77.4 Å². The highest BCUT2D eigenvalue weighted by Crippen LogP contribution is 2.49. The number of benzene rings is 1. The number of hydrogen-bond acceptors (Lipinski definition) is 8. The predicted molar refractivity (Wildman–Crippen MR) is 146 cm³/mol. The summed E-state index contributed by atoms with van der Waals surface area (Å²) in [5.74, 6) is 0.0563. The number of aromatic nitrogens is 3. The number of ether oxygens (including phenoxy) is 1. The summed E-state index contributed by atoms with van der Waals surface area (Å²) in [4.78, 5) is 27.2. The number of aromatic amines is 1. The van der Waals surface area contributed by atoms with Crippen molar-refractivity contribution in [2.45, 2.75) is 17.9 Å². The molecule has 8 bridgehead atoms. The van der Waals surface area contributed by atoms with Gasteiger partial charge in [0.1, 0.15) is 11.3 Å². The number of methoxy groups -OCH3 is 1. The Morgan fingerprint density at radius 1 is 1.08 bits per heavy atom. The first-order chi connectivity index (χ1) is 17.9. The lowest BCUT2D eigenvalue weighted by Crippen LogP contribution is -2.24. The average molecular weight is 534 g/mol. The average Bonchev–Trinajstić information content (AvgIpc) is 3.54. The molecule has 0 saturated carbocycles. The number of nitrogens with zero attached hydrogens (tertiary/aromatic N) is 2. The Labute approximate surface area is 218 Å². The molecule has 5 N–H and O–H groups in total. The standard InChI is InChI=1S/C26H23N5O4S2/c1-35-26-22-11-16(13-29-26)21-12-20-19(7-8-27-25(20)30-21)23-6-5-17(36-23)14-28-24(32)10-15-3-2-4-18(9-15)37(33,34)31-22/h2-9,11-13,31,33-34H,10,14H2,1H3,(H,27,30)(H,28,32). The molecule has 0 unspecified atom stereocenters.